The molecular formula is C13H12N2O2S. The van der Waals surface area contributed by atoms with Gasteiger partial charge in [-0.2, -0.15) is 0 Å². The number of furan rings is 1. The highest BCUT2D eigenvalue weighted by Crippen LogP contribution is 2.33. The van der Waals surface area contributed by atoms with Crippen LogP contribution in [0.1, 0.15) is 11.8 Å². The zero-order chi connectivity index (χ0) is 12.5. The van der Waals surface area contributed by atoms with Gasteiger partial charge in [-0.1, -0.05) is 18.2 Å². The summed E-state index contributed by atoms with van der Waals surface area (Å²) in [6.45, 7) is 0.176. The highest BCUT2D eigenvalue weighted by Gasteiger charge is 2.14. The number of aromatic nitrogens is 1. The molecule has 0 aliphatic heterocycles. The van der Waals surface area contributed by atoms with Gasteiger partial charge in [0.05, 0.1) is 11.3 Å². The minimum Gasteiger partial charge on any atom is -0.464 e. The molecule has 5 heteroatoms. The molecule has 0 aliphatic carbocycles. The Bertz CT molecular complexity index is 674. The second-order valence-electron chi connectivity index (χ2n) is 3.97. The molecule has 0 bridgehead atoms. The molecule has 3 aromatic rings. The normalized spacial score (nSPS) is 13.0. The van der Waals surface area contributed by atoms with Crippen LogP contribution >= 0.6 is 11.3 Å². The first kappa shape index (κ1) is 11.4. The van der Waals surface area contributed by atoms with E-state index < -0.39 is 6.10 Å². The van der Waals surface area contributed by atoms with E-state index in [-0.39, 0.29) is 6.54 Å². The van der Waals surface area contributed by atoms with Gasteiger partial charge < -0.3 is 15.3 Å². The summed E-state index contributed by atoms with van der Waals surface area (Å²) in [5, 5.41) is 13.3. The highest BCUT2D eigenvalue weighted by atomic mass is 32.1. The van der Waals surface area contributed by atoms with Crippen LogP contribution in [-0.2, 0) is 0 Å². The summed E-state index contributed by atoms with van der Waals surface area (Å²) in [7, 11) is 0. The molecule has 4 nitrogen and oxygen atoms in total. The van der Waals surface area contributed by atoms with Crippen molar-refractivity contribution in [1.82, 2.24) is 4.98 Å². The Kier molecular flexibility index (Phi) is 2.87. The lowest BCUT2D eigenvalue weighted by atomic mass is 10.2. The van der Waals surface area contributed by atoms with Crippen molar-refractivity contribution in [2.24, 2.45) is 5.73 Å². The fourth-order valence-electron chi connectivity index (χ4n) is 1.83. The summed E-state index contributed by atoms with van der Waals surface area (Å²) in [5.74, 6) is 0. The van der Waals surface area contributed by atoms with Gasteiger partial charge in [-0.25, -0.2) is 4.98 Å². The number of para-hydroxylation sites is 1. The summed E-state index contributed by atoms with van der Waals surface area (Å²) >= 11 is 1.48. The molecule has 1 atom stereocenters. The first-order valence-electron chi connectivity index (χ1n) is 5.59. The molecule has 18 heavy (non-hydrogen) atoms. The fraction of sp³-hybridized carbons (Fsp3) is 0.154. The Morgan fingerprint density at radius 3 is 3.06 bits per heavy atom. The van der Waals surface area contributed by atoms with E-state index in [0.29, 0.717) is 5.69 Å². The van der Waals surface area contributed by atoms with E-state index in [2.05, 4.69) is 4.98 Å². The Hall–Kier alpha value is -1.69. The molecule has 1 aromatic carbocycles. The Morgan fingerprint density at radius 1 is 1.39 bits per heavy atom. The van der Waals surface area contributed by atoms with Crippen LogP contribution in [0.3, 0.4) is 0 Å². The maximum absolute atomic E-state index is 9.65. The molecule has 0 radical (unpaired) electrons. The molecule has 0 fully saturated rings. The van der Waals surface area contributed by atoms with Gasteiger partial charge in [0, 0.05) is 17.3 Å². The number of nitrogens with zero attached hydrogens (tertiary/aromatic N) is 1. The predicted octanol–water partition coefficient (Wildman–Crippen LogP) is 2.55. The molecule has 2 aromatic heterocycles. The summed E-state index contributed by atoms with van der Waals surface area (Å²) < 4.78 is 5.48. The topological polar surface area (TPSA) is 72.3 Å². The summed E-state index contributed by atoms with van der Waals surface area (Å²) in [6, 6.07) is 7.81. The van der Waals surface area contributed by atoms with E-state index in [1.807, 2.05) is 29.6 Å². The zero-order valence-electron chi connectivity index (χ0n) is 9.54. The van der Waals surface area contributed by atoms with E-state index in [1.54, 1.807) is 6.26 Å². The van der Waals surface area contributed by atoms with E-state index in [1.165, 1.54) is 11.3 Å². The van der Waals surface area contributed by atoms with Crippen molar-refractivity contribution >= 4 is 22.3 Å². The SMILES string of the molecule is NCC(O)c1csc(-c2coc3ccccc23)n1. The number of thiazole rings is 1. The number of fused-ring (bicyclic) bond motifs is 1. The summed E-state index contributed by atoms with van der Waals surface area (Å²) in [4.78, 5) is 4.40. The molecule has 2 heterocycles. The van der Waals surface area contributed by atoms with Crippen LogP contribution in [0.2, 0.25) is 0 Å². The van der Waals surface area contributed by atoms with Crippen molar-refractivity contribution in [3.63, 3.8) is 0 Å². The van der Waals surface area contributed by atoms with Crippen molar-refractivity contribution in [1.29, 1.82) is 0 Å². The van der Waals surface area contributed by atoms with Gasteiger partial charge in [-0.05, 0) is 6.07 Å². The summed E-state index contributed by atoms with van der Waals surface area (Å²) in [5.41, 5.74) is 7.82. The maximum atomic E-state index is 9.65. The fourth-order valence-corrected chi connectivity index (χ4v) is 2.71. The van der Waals surface area contributed by atoms with Crippen molar-refractivity contribution in [3.05, 3.63) is 41.6 Å². The van der Waals surface area contributed by atoms with E-state index in [9.17, 15) is 5.11 Å². The average molecular weight is 260 g/mol. The predicted molar refractivity (Wildman–Crippen MR) is 71.3 cm³/mol. The number of aliphatic hydroxyl groups is 1. The van der Waals surface area contributed by atoms with Crippen LogP contribution in [0, 0.1) is 0 Å². The van der Waals surface area contributed by atoms with Crippen LogP contribution in [0.15, 0.2) is 40.3 Å². The average Bonchev–Trinajstić information content (AvgIpc) is 3.03. The van der Waals surface area contributed by atoms with Crippen molar-refractivity contribution in [2.45, 2.75) is 6.10 Å². The van der Waals surface area contributed by atoms with E-state index in [4.69, 9.17) is 10.2 Å². The Balaban J connectivity index is 2.07. The molecule has 3 rings (SSSR count). The third kappa shape index (κ3) is 1.82. The van der Waals surface area contributed by atoms with Gasteiger partial charge in [0.25, 0.3) is 0 Å². The second-order valence-corrected chi connectivity index (χ2v) is 4.83. The van der Waals surface area contributed by atoms with Crippen LogP contribution in [0.5, 0.6) is 0 Å². The molecule has 92 valence electrons. The molecule has 0 saturated carbocycles. The lowest BCUT2D eigenvalue weighted by Gasteiger charge is -2.01. The standard InChI is InChI=1S/C13H12N2O2S/c14-5-11(16)10-7-18-13(15-10)9-6-17-12-4-2-1-3-8(9)12/h1-4,6-7,11,16H,5,14H2. The molecular weight excluding hydrogens is 248 g/mol. The van der Waals surface area contributed by atoms with Crippen LogP contribution in [-0.4, -0.2) is 16.6 Å². The number of aliphatic hydroxyl groups excluding tert-OH is 1. The Labute approximate surface area is 108 Å². The molecule has 1 unspecified atom stereocenters. The third-order valence-corrected chi connectivity index (χ3v) is 3.69. The lowest BCUT2D eigenvalue weighted by Crippen LogP contribution is -2.11. The molecule has 3 N–H and O–H groups in total. The van der Waals surface area contributed by atoms with Crippen molar-refractivity contribution in [2.75, 3.05) is 6.54 Å². The van der Waals surface area contributed by atoms with Crippen molar-refractivity contribution < 1.29 is 9.52 Å². The number of nitrogens with two attached hydrogens (primary N) is 1. The van der Waals surface area contributed by atoms with Gasteiger partial charge in [0.15, 0.2) is 0 Å². The molecule has 0 saturated heterocycles. The number of benzene rings is 1. The van der Waals surface area contributed by atoms with Gasteiger partial charge in [-0.15, -0.1) is 11.3 Å². The van der Waals surface area contributed by atoms with Crippen LogP contribution < -0.4 is 5.73 Å². The van der Waals surface area contributed by atoms with E-state index >= 15 is 0 Å². The van der Waals surface area contributed by atoms with Crippen molar-refractivity contribution in [3.8, 4) is 10.6 Å². The quantitative estimate of drug-likeness (QED) is 0.759. The number of hydrogen-bond acceptors (Lipinski definition) is 5. The maximum Gasteiger partial charge on any atom is 0.134 e. The smallest absolute Gasteiger partial charge is 0.134 e. The highest BCUT2D eigenvalue weighted by molar-refractivity contribution is 7.13. The van der Waals surface area contributed by atoms with E-state index in [0.717, 1.165) is 21.5 Å². The van der Waals surface area contributed by atoms with Gasteiger partial charge >= 0.3 is 0 Å². The minimum absolute atomic E-state index is 0.176. The molecule has 0 amide bonds. The monoisotopic (exact) mass is 260 g/mol. The molecule has 0 aliphatic rings. The largest absolute Gasteiger partial charge is 0.464 e. The first-order chi connectivity index (χ1) is 8.79. The van der Waals surface area contributed by atoms with Gasteiger partial charge in [0.1, 0.15) is 23.0 Å². The lowest BCUT2D eigenvalue weighted by molar-refractivity contribution is 0.182. The molecule has 0 spiro atoms. The van der Waals surface area contributed by atoms with Gasteiger partial charge in [-0.3, -0.25) is 0 Å². The summed E-state index contributed by atoms with van der Waals surface area (Å²) in [6.07, 6.45) is 0.996. The minimum atomic E-state index is -0.701. The number of rotatable bonds is 3. The Morgan fingerprint density at radius 2 is 2.22 bits per heavy atom. The third-order valence-electron chi connectivity index (χ3n) is 2.80. The van der Waals surface area contributed by atoms with Gasteiger partial charge in [0.2, 0.25) is 0 Å². The van der Waals surface area contributed by atoms with Crippen LogP contribution in [0.25, 0.3) is 21.5 Å². The van der Waals surface area contributed by atoms with Crippen LogP contribution in [0.4, 0.5) is 0 Å². The second kappa shape index (κ2) is 4.53. The zero-order valence-corrected chi connectivity index (χ0v) is 10.4. The number of hydrogen-bond donors (Lipinski definition) is 2. The first-order valence-corrected chi connectivity index (χ1v) is 6.47.